The van der Waals surface area contributed by atoms with Crippen LogP contribution in [0.15, 0.2) is 63.7 Å². The topological polar surface area (TPSA) is 107 Å². The van der Waals surface area contributed by atoms with E-state index >= 15 is 0 Å². The quantitative estimate of drug-likeness (QED) is 0.295. The van der Waals surface area contributed by atoms with Gasteiger partial charge in [0.2, 0.25) is 0 Å². The Balaban J connectivity index is 1.65. The summed E-state index contributed by atoms with van der Waals surface area (Å²) in [6.07, 6.45) is 1.41. The van der Waals surface area contributed by atoms with Crippen LogP contribution in [0.1, 0.15) is 29.5 Å². The third kappa shape index (κ3) is 2.87. The van der Waals surface area contributed by atoms with Gasteiger partial charge in [-0.2, -0.15) is 0 Å². The van der Waals surface area contributed by atoms with Crippen molar-refractivity contribution >= 4 is 40.7 Å². The number of alkyl halides is 2. The third-order valence-corrected chi connectivity index (χ3v) is 9.35. The molecule has 4 unspecified atom stereocenters. The fourth-order valence-corrected chi connectivity index (χ4v) is 6.94. The van der Waals surface area contributed by atoms with Crippen LogP contribution in [0.5, 0.6) is 5.75 Å². The van der Waals surface area contributed by atoms with Crippen molar-refractivity contribution in [1.29, 1.82) is 0 Å². The fraction of sp³-hybridized carbons (Fsp3) is 0.308. The molecule has 1 saturated heterocycles. The van der Waals surface area contributed by atoms with E-state index in [-0.39, 0.29) is 30.0 Å². The van der Waals surface area contributed by atoms with Crippen LogP contribution in [-0.2, 0) is 23.2 Å². The number of hydrogen-bond acceptors (Lipinski definition) is 5. The van der Waals surface area contributed by atoms with Gasteiger partial charge in [-0.25, -0.2) is 32.8 Å². The SMILES string of the molecule is Cc1cccc(C2C3=CCn4c(=O)n(C)c(=O)n4C3CC3(Cl)C(=O)N(c4ccc(F)cc4)C(=O)C23Cl)c1O. The van der Waals surface area contributed by atoms with Crippen molar-refractivity contribution in [1.82, 2.24) is 13.9 Å². The number of benzene rings is 2. The zero-order valence-corrected chi connectivity index (χ0v) is 21.7. The number of rotatable bonds is 2. The molecular formula is C26H21Cl2FN4O5. The van der Waals surface area contributed by atoms with Gasteiger partial charge >= 0.3 is 11.4 Å². The van der Waals surface area contributed by atoms with Crippen molar-refractivity contribution in [2.24, 2.45) is 7.05 Å². The largest absolute Gasteiger partial charge is 0.507 e. The number of halogens is 3. The van der Waals surface area contributed by atoms with Crippen LogP contribution in [-0.4, -0.2) is 40.6 Å². The first-order valence-corrected chi connectivity index (χ1v) is 12.6. The van der Waals surface area contributed by atoms with Gasteiger partial charge in [-0.3, -0.25) is 9.59 Å². The Morgan fingerprint density at radius 3 is 2.37 bits per heavy atom. The second kappa shape index (κ2) is 7.94. The van der Waals surface area contributed by atoms with Gasteiger partial charge < -0.3 is 5.11 Å². The molecule has 12 heteroatoms. The molecule has 0 bridgehead atoms. The van der Waals surface area contributed by atoms with Crippen LogP contribution < -0.4 is 16.3 Å². The Bertz CT molecular complexity index is 1710. The molecule has 2 aliphatic heterocycles. The second-order valence-electron chi connectivity index (χ2n) is 9.86. The van der Waals surface area contributed by atoms with Crippen molar-refractivity contribution in [2.75, 3.05) is 4.90 Å². The molecular weight excluding hydrogens is 538 g/mol. The maximum Gasteiger partial charge on any atom is 0.347 e. The highest BCUT2D eigenvalue weighted by Gasteiger charge is 2.76. The average Bonchev–Trinajstić information content (AvgIpc) is 3.20. The van der Waals surface area contributed by atoms with Gasteiger partial charge in [0.15, 0.2) is 9.75 Å². The lowest BCUT2D eigenvalue weighted by atomic mass is 9.64. The summed E-state index contributed by atoms with van der Waals surface area (Å²) >= 11 is 14.4. The number of amides is 2. The predicted molar refractivity (Wildman–Crippen MR) is 137 cm³/mol. The molecule has 9 nitrogen and oxygen atoms in total. The first kappa shape index (κ1) is 24.7. The number of imide groups is 1. The van der Waals surface area contributed by atoms with E-state index in [0.717, 1.165) is 21.6 Å². The van der Waals surface area contributed by atoms with Crippen LogP contribution in [0.4, 0.5) is 10.1 Å². The first-order valence-electron chi connectivity index (χ1n) is 11.8. The summed E-state index contributed by atoms with van der Waals surface area (Å²) in [6.45, 7) is 1.69. The lowest BCUT2D eigenvalue weighted by Crippen LogP contribution is -2.59. The molecule has 0 radical (unpaired) electrons. The number of aromatic hydroxyl groups is 1. The number of anilines is 1. The van der Waals surface area contributed by atoms with Gasteiger partial charge in [0.05, 0.1) is 18.3 Å². The van der Waals surface area contributed by atoms with Gasteiger partial charge in [-0.15, -0.1) is 23.2 Å². The molecule has 4 atom stereocenters. The molecule has 2 fully saturated rings. The minimum Gasteiger partial charge on any atom is -0.507 e. The van der Waals surface area contributed by atoms with E-state index in [4.69, 9.17) is 23.2 Å². The molecule has 0 spiro atoms. The van der Waals surface area contributed by atoms with E-state index in [1.54, 1.807) is 31.2 Å². The summed E-state index contributed by atoms with van der Waals surface area (Å²) < 4.78 is 17.1. The van der Waals surface area contributed by atoms with Crippen LogP contribution >= 0.6 is 23.2 Å². The lowest BCUT2D eigenvalue weighted by Gasteiger charge is -2.49. The molecule has 1 aliphatic carbocycles. The summed E-state index contributed by atoms with van der Waals surface area (Å²) in [7, 11) is 1.35. The van der Waals surface area contributed by atoms with Crippen LogP contribution in [0, 0.1) is 12.7 Å². The third-order valence-electron chi connectivity index (χ3n) is 7.93. The van der Waals surface area contributed by atoms with Gasteiger partial charge in [0.1, 0.15) is 11.6 Å². The summed E-state index contributed by atoms with van der Waals surface area (Å²) in [5.74, 6) is -3.52. The summed E-state index contributed by atoms with van der Waals surface area (Å²) in [5.41, 5.74) is 0.145. The highest BCUT2D eigenvalue weighted by Crippen LogP contribution is 2.64. The highest BCUT2D eigenvalue weighted by atomic mass is 35.5. The zero-order chi connectivity index (χ0) is 27.3. The first-order chi connectivity index (χ1) is 17.9. The molecule has 38 heavy (non-hydrogen) atoms. The van der Waals surface area contributed by atoms with E-state index in [2.05, 4.69) is 0 Å². The highest BCUT2D eigenvalue weighted by molar-refractivity contribution is 6.58. The minimum absolute atomic E-state index is 0.00981. The standard InChI is InChI=1S/C26H21Cl2FN4O5/c1-13-4-3-5-17(20(13)34)19-16-10-11-31-23(37)30(2)24(38)33(31)18(16)12-25(27)21(35)32(22(36)26(19,25)28)15-8-6-14(29)7-9-15/h3-10,18-19,34H,11-12H2,1-2H3. The Kier molecular flexibility index (Phi) is 5.16. The Hall–Kier alpha value is -3.63. The van der Waals surface area contributed by atoms with Crippen molar-refractivity contribution < 1.29 is 19.1 Å². The molecule has 3 heterocycles. The Morgan fingerprint density at radius 2 is 1.68 bits per heavy atom. The van der Waals surface area contributed by atoms with E-state index in [9.17, 15) is 28.7 Å². The maximum atomic E-state index is 14.1. The number of allylic oxidation sites excluding steroid dienone is 2. The molecule has 6 rings (SSSR count). The lowest BCUT2D eigenvalue weighted by molar-refractivity contribution is -0.122. The monoisotopic (exact) mass is 558 g/mol. The number of nitrogens with zero attached hydrogens (tertiary/aromatic N) is 4. The van der Waals surface area contributed by atoms with Gasteiger partial charge in [0.25, 0.3) is 11.8 Å². The predicted octanol–water partition coefficient (Wildman–Crippen LogP) is 2.70. The van der Waals surface area contributed by atoms with E-state index in [0.29, 0.717) is 11.1 Å². The number of carbonyl (C=O) groups excluding carboxylic acids is 2. The van der Waals surface area contributed by atoms with Crippen molar-refractivity contribution in [3.8, 4) is 5.75 Å². The van der Waals surface area contributed by atoms with Crippen molar-refractivity contribution in [2.45, 2.75) is 41.6 Å². The maximum absolute atomic E-state index is 14.1. The number of fused-ring (bicyclic) bond motifs is 4. The second-order valence-corrected chi connectivity index (χ2v) is 11.1. The Morgan fingerprint density at radius 1 is 1.00 bits per heavy atom. The van der Waals surface area contributed by atoms with Gasteiger partial charge in [-0.05, 0) is 42.3 Å². The molecule has 2 amide bonds. The normalized spacial score (nSPS) is 28.1. The number of para-hydroxylation sites is 1. The number of hydrogen-bond donors (Lipinski definition) is 1. The Labute approximate surface area is 224 Å². The number of aryl methyl sites for hydroxylation is 1. The molecule has 2 aromatic carbocycles. The van der Waals surface area contributed by atoms with Crippen LogP contribution in [0.2, 0.25) is 0 Å². The van der Waals surface area contributed by atoms with E-state index in [1.165, 1.54) is 28.5 Å². The van der Waals surface area contributed by atoms with Crippen molar-refractivity contribution in [3.05, 3.63) is 92.0 Å². The molecule has 3 aromatic rings. The molecule has 3 aliphatic rings. The van der Waals surface area contributed by atoms with Crippen LogP contribution in [0.3, 0.4) is 0 Å². The van der Waals surface area contributed by atoms with Gasteiger partial charge in [-0.1, -0.05) is 24.3 Å². The summed E-state index contributed by atoms with van der Waals surface area (Å²) in [5, 5.41) is 11.1. The molecule has 1 N–H and O–H groups in total. The smallest absolute Gasteiger partial charge is 0.347 e. The van der Waals surface area contributed by atoms with Gasteiger partial charge in [0, 0.05) is 24.9 Å². The molecule has 1 aromatic heterocycles. The minimum atomic E-state index is -2.12. The summed E-state index contributed by atoms with van der Waals surface area (Å²) in [6, 6.07) is 8.78. The fourth-order valence-electron chi connectivity index (χ4n) is 6.03. The molecule has 196 valence electrons. The van der Waals surface area contributed by atoms with Crippen molar-refractivity contribution in [3.63, 3.8) is 0 Å². The average molecular weight is 559 g/mol. The number of aromatic nitrogens is 3. The summed E-state index contributed by atoms with van der Waals surface area (Å²) in [4.78, 5) is 50.6. The number of phenols is 1. The van der Waals surface area contributed by atoms with E-state index < -0.39 is 50.7 Å². The zero-order valence-electron chi connectivity index (χ0n) is 20.2. The number of phenolic OH excluding ortho intramolecular Hbond substituents is 1. The van der Waals surface area contributed by atoms with E-state index in [1.807, 2.05) is 0 Å². The van der Waals surface area contributed by atoms with Crippen LogP contribution in [0.25, 0.3) is 0 Å². The number of carbonyl (C=O) groups is 2. The molecule has 1 saturated carbocycles.